The monoisotopic (exact) mass is 278 g/mol. The van der Waals surface area contributed by atoms with Gasteiger partial charge in [-0.25, -0.2) is 4.98 Å². The Morgan fingerprint density at radius 2 is 1.67 bits per heavy atom. The number of nitrogens with zero attached hydrogens (tertiary/aromatic N) is 2. The minimum Gasteiger partial charge on any atom is -0.479 e. The maximum atomic E-state index is 9.77. The van der Waals surface area contributed by atoms with Gasteiger partial charge in [0.1, 0.15) is 0 Å². The summed E-state index contributed by atoms with van der Waals surface area (Å²) in [6.45, 7) is 0.536. The van der Waals surface area contributed by atoms with Gasteiger partial charge in [-0.1, -0.05) is 48.5 Å². The second-order valence-electron chi connectivity index (χ2n) is 4.53. The van der Waals surface area contributed by atoms with E-state index in [9.17, 15) is 5.11 Å². The molecule has 0 bridgehead atoms. The normalized spacial score (nSPS) is 11.0. The number of hydrogen-bond donors (Lipinski definition) is 1. The Hall–Kier alpha value is -2.88. The molecule has 3 rings (SSSR count). The standard InChI is InChI=1S/C17H14N2O2/c20-17-15(12-18-11-13-7-3-1-4-8-13)19-16(21-17)14-9-5-2-6-10-14/h1-10,12,20H,11H2. The highest BCUT2D eigenvalue weighted by molar-refractivity contribution is 5.80. The number of hydrogen-bond acceptors (Lipinski definition) is 4. The molecule has 0 amide bonds. The maximum Gasteiger partial charge on any atom is 0.312 e. The van der Waals surface area contributed by atoms with Gasteiger partial charge in [0.25, 0.3) is 0 Å². The Bertz CT molecular complexity index is 734. The van der Waals surface area contributed by atoms with E-state index in [4.69, 9.17) is 4.42 Å². The molecule has 0 aliphatic heterocycles. The molecule has 0 saturated carbocycles. The van der Waals surface area contributed by atoms with E-state index in [1.54, 1.807) is 0 Å². The van der Waals surface area contributed by atoms with Crippen LogP contribution >= 0.6 is 0 Å². The lowest BCUT2D eigenvalue weighted by molar-refractivity contribution is 0.337. The van der Waals surface area contributed by atoms with E-state index in [2.05, 4.69) is 9.98 Å². The molecule has 1 heterocycles. The topological polar surface area (TPSA) is 58.6 Å². The summed E-state index contributed by atoms with van der Waals surface area (Å²) in [6.07, 6.45) is 1.53. The van der Waals surface area contributed by atoms with Crippen molar-refractivity contribution in [3.8, 4) is 17.4 Å². The van der Waals surface area contributed by atoms with Gasteiger partial charge >= 0.3 is 5.95 Å². The third-order valence-electron chi connectivity index (χ3n) is 2.99. The van der Waals surface area contributed by atoms with Gasteiger partial charge in [0.2, 0.25) is 5.89 Å². The Morgan fingerprint density at radius 3 is 2.38 bits per heavy atom. The third kappa shape index (κ3) is 3.17. The van der Waals surface area contributed by atoms with Crippen LogP contribution in [-0.2, 0) is 6.54 Å². The first-order valence-electron chi connectivity index (χ1n) is 6.62. The van der Waals surface area contributed by atoms with Crippen molar-refractivity contribution in [1.82, 2.24) is 4.98 Å². The summed E-state index contributed by atoms with van der Waals surface area (Å²) >= 11 is 0. The van der Waals surface area contributed by atoms with Crippen molar-refractivity contribution < 1.29 is 9.52 Å². The number of benzene rings is 2. The van der Waals surface area contributed by atoms with Gasteiger partial charge < -0.3 is 9.52 Å². The first-order valence-corrected chi connectivity index (χ1v) is 6.62. The zero-order valence-corrected chi connectivity index (χ0v) is 11.3. The van der Waals surface area contributed by atoms with E-state index in [0.29, 0.717) is 18.1 Å². The van der Waals surface area contributed by atoms with Crippen molar-refractivity contribution in [1.29, 1.82) is 0 Å². The van der Waals surface area contributed by atoms with E-state index >= 15 is 0 Å². The van der Waals surface area contributed by atoms with Gasteiger partial charge in [0.05, 0.1) is 12.8 Å². The average molecular weight is 278 g/mol. The van der Waals surface area contributed by atoms with Gasteiger partial charge in [0, 0.05) is 5.56 Å². The van der Waals surface area contributed by atoms with Crippen LogP contribution in [0.4, 0.5) is 0 Å². The summed E-state index contributed by atoms with van der Waals surface area (Å²) in [7, 11) is 0. The van der Waals surface area contributed by atoms with Crippen LogP contribution < -0.4 is 0 Å². The zero-order chi connectivity index (χ0) is 14.5. The predicted molar refractivity (Wildman–Crippen MR) is 81.3 cm³/mol. The van der Waals surface area contributed by atoms with Crippen LogP contribution in [0.15, 0.2) is 70.1 Å². The minimum atomic E-state index is -0.217. The van der Waals surface area contributed by atoms with Crippen LogP contribution in [-0.4, -0.2) is 16.3 Å². The number of aliphatic imine (C=N–C) groups is 1. The molecule has 3 aromatic rings. The quantitative estimate of drug-likeness (QED) is 0.741. The lowest BCUT2D eigenvalue weighted by atomic mass is 10.2. The molecule has 4 heteroatoms. The van der Waals surface area contributed by atoms with Gasteiger partial charge in [-0.2, -0.15) is 0 Å². The van der Waals surface area contributed by atoms with Crippen molar-refractivity contribution in [2.45, 2.75) is 6.54 Å². The summed E-state index contributed by atoms with van der Waals surface area (Å²) in [5, 5.41) is 9.77. The zero-order valence-electron chi connectivity index (χ0n) is 11.3. The lowest BCUT2D eigenvalue weighted by Gasteiger charge is -1.93. The highest BCUT2D eigenvalue weighted by Crippen LogP contribution is 2.25. The molecule has 0 aliphatic carbocycles. The molecular formula is C17H14N2O2. The van der Waals surface area contributed by atoms with Crippen molar-refractivity contribution in [3.63, 3.8) is 0 Å². The smallest absolute Gasteiger partial charge is 0.312 e. The van der Waals surface area contributed by atoms with Crippen LogP contribution in [0.3, 0.4) is 0 Å². The molecular weight excluding hydrogens is 264 g/mol. The molecule has 0 unspecified atom stereocenters. The van der Waals surface area contributed by atoms with E-state index < -0.39 is 0 Å². The van der Waals surface area contributed by atoms with E-state index in [1.807, 2.05) is 60.7 Å². The molecule has 1 aromatic heterocycles. The summed E-state index contributed by atoms with van der Waals surface area (Å²) in [6, 6.07) is 19.3. The van der Waals surface area contributed by atoms with Crippen LogP contribution in [0.1, 0.15) is 11.3 Å². The Balaban J connectivity index is 1.76. The SMILES string of the molecule is Oc1oc(-c2ccccc2)nc1C=NCc1ccccc1. The van der Waals surface area contributed by atoms with Crippen LogP contribution in [0.2, 0.25) is 0 Å². The summed E-state index contributed by atoms with van der Waals surface area (Å²) < 4.78 is 5.26. The fourth-order valence-electron chi connectivity index (χ4n) is 1.93. The van der Waals surface area contributed by atoms with Crippen molar-refractivity contribution >= 4 is 6.21 Å². The molecule has 0 fully saturated rings. The average Bonchev–Trinajstić information content (AvgIpc) is 2.91. The fraction of sp³-hybridized carbons (Fsp3) is 0.0588. The van der Waals surface area contributed by atoms with Gasteiger partial charge in [-0.05, 0) is 17.7 Å². The molecule has 104 valence electrons. The van der Waals surface area contributed by atoms with Crippen molar-refractivity contribution in [2.24, 2.45) is 4.99 Å². The van der Waals surface area contributed by atoms with Crippen molar-refractivity contribution in [2.75, 3.05) is 0 Å². The first kappa shape index (κ1) is 13.1. The Labute approximate surface area is 122 Å². The Morgan fingerprint density at radius 1 is 1.00 bits per heavy atom. The lowest BCUT2D eigenvalue weighted by Crippen LogP contribution is -1.85. The number of aromatic nitrogens is 1. The molecule has 0 aliphatic rings. The highest BCUT2D eigenvalue weighted by Gasteiger charge is 2.11. The van der Waals surface area contributed by atoms with E-state index in [1.165, 1.54) is 6.21 Å². The largest absolute Gasteiger partial charge is 0.479 e. The van der Waals surface area contributed by atoms with Crippen LogP contribution in [0, 0.1) is 0 Å². The summed E-state index contributed by atoms with van der Waals surface area (Å²) in [4.78, 5) is 8.52. The van der Waals surface area contributed by atoms with Gasteiger partial charge in [0.15, 0.2) is 5.69 Å². The van der Waals surface area contributed by atoms with Crippen LogP contribution in [0.5, 0.6) is 5.95 Å². The van der Waals surface area contributed by atoms with Crippen LogP contribution in [0.25, 0.3) is 11.5 Å². The summed E-state index contributed by atoms with van der Waals surface area (Å²) in [5.74, 6) is 0.167. The summed E-state index contributed by atoms with van der Waals surface area (Å²) in [5.41, 5.74) is 2.25. The number of rotatable bonds is 4. The molecule has 21 heavy (non-hydrogen) atoms. The second kappa shape index (κ2) is 6.05. The highest BCUT2D eigenvalue weighted by atomic mass is 16.5. The molecule has 2 aromatic carbocycles. The van der Waals surface area contributed by atoms with E-state index in [0.717, 1.165) is 11.1 Å². The molecule has 0 saturated heterocycles. The van der Waals surface area contributed by atoms with Crippen molar-refractivity contribution in [3.05, 3.63) is 71.9 Å². The molecule has 0 spiro atoms. The molecule has 0 atom stereocenters. The van der Waals surface area contributed by atoms with Gasteiger partial charge in [-0.3, -0.25) is 4.99 Å². The number of aromatic hydroxyl groups is 1. The first-order chi connectivity index (χ1) is 10.3. The molecule has 0 radical (unpaired) electrons. The second-order valence-corrected chi connectivity index (χ2v) is 4.53. The van der Waals surface area contributed by atoms with E-state index in [-0.39, 0.29) is 5.95 Å². The van der Waals surface area contributed by atoms with Gasteiger partial charge in [-0.15, -0.1) is 0 Å². The molecule has 4 nitrogen and oxygen atoms in total. The fourth-order valence-corrected chi connectivity index (χ4v) is 1.93. The Kier molecular flexibility index (Phi) is 3.78. The maximum absolute atomic E-state index is 9.77. The third-order valence-corrected chi connectivity index (χ3v) is 2.99. The molecule has 1 N–H and O–H groups in total. The predicted octanol–water partition coefficient (Wildman–Crippen LogP) is 3.67. The minimum absolute atomic E-state index is 0.217. The number of oxazole rings is 1.